The van der Waals surface area contributed by atoms with E-state index < -0.39 is 21.1 Å². The summed E-state index contributed by atoms with van der Waals surface area (Å²) in [6, 6.07) is 0. The largest absolute Gasteiger partial charge is 0.477 e. The van der Waals surface area contributed by atoms with Crippen LogP contribution in [0.25, 0.3) is 0 Å². The summed E-state index contributed by atoms with van der Waals surface area (Å²) in [4.78, 5) is 14.0. The summed E-state index contributed by atoms with van der Waals surface area (Å²) in [5.41, 5.74) is 0. The summed E-state index contributed by atoms with van der Waals surface area (Å²) in [5.74, 6) is -1.16. The van der Waals surface area contributed by atoms with Gasteiger partial charge in [0, 0.05) is 0 Å². The van der Waals surface area contributed by atoms with Crippen LogP contribution in [-0.4, -0.2) is 29.7 Å². The zero-order valence-corrected chi connectivity index (χ0v) is 9.22. The lowest BCUT2D eigenvalue weighted by atomic mass is 10.6. The van der Waals surface area contributed by atoms with Gasteiger partial charge in [-0.15, -0.1) is 0 Å². The lowest BCUT2D eigenvalue weighted by Gasteiger charge is -2.01. The van der Waals surface area contributed by atoms with Crippen LogP contribution in [0.15, 0.2) is 10.5 Å². The number of rotatable bonds is 3. The van der Waals surface area contributed by atoms with Gasteiger partial charge in [-0.05, 0) is 13.8 Å². The molecule has 0 saturated carbocycles. The molecule has 14 heavy (non-hydrogen) atoms. The number of sulfone groups is 1. The second kappa shape index (κ2) is 3.66. The van der Waals surface area contributed by atoms with E-state index in [4.69, 9.17) is 5.11 Å². The molecule has 78 valence electrons. The predicted octanol–water partition coefficient (Wildman–Crippen LogP) is 1.02. The minimum Gasteiger partial charge on any atom is -0.477 e. The highest BCUT2D eigenvalue weighted by molar-refractivity contribution is 7.93. The Balaban J connectivity index is 3.16. The molecule has 0 bridgehead atoms. The van der Waals surface area contributed by atoms with E-state index in [-0.39, 0.29) is 9.22 Å². The highest BCUT2D eigenvalue weighted by Crippen LogP contribution is 2.21. The number of thiazole rings is 1. The number of carboxylic acid groups (broad SMARTS) is 1. The molecule has 1 rings (SSSR count). The number of hydrogen-bond donors (Lipinski definition) is 1. The van der Waals surface area contributed by atoms with Crippen molar-refractivity contribution >= 4 is 27.1 Å². The summed E-state index contributed by atoms with van der Waals surface area (Å²) in [5, 5.41) is 7.99. The molecular weight excluding hydrogens is 226 g/mol. The second-order valence-corrected chi connectivity index (χ2v) is 6.60. The monoisotopic (exact) mass is 235 g/mol. The lowest BCUT2D eigenvalue weighted by Crippen LogP contribution is -2.13. The maximum atomic E-state index is 11.5. The molecule has 5 nitrogen and oxygen atoms in total. The molecule has 0 saturated heterocycles. The molecule has 0 spiro atoms. The number of aromatic nitrogens is 1. The molecule has 0 aromatic carbocycles. The quantitative estimate of drug-likeness (QED) is 0.845. The van der Waals surface area contributed by atoms with E-state index in [1.165, 1.54) is 13.8 Å². The van der Waals surface area contributed by atoms with Crippen LogP contribution in [0.1, 0.15) is 23.5 Å². The van der Waals surface area contributed by atoms with Crippen LogP contribution in [0.5, 0.6) is 0 Å². The maximum absolute atomic E-state index is 11.5. The Morgan fingerprint density at radius 3 is 2.50 bits per heavy atom. The van der Waals surface area contributed by atoms with E-state index in [9.17, 15) is 13.2 Å². The van der Waals surface area contributed by atoms with Gasteiger partial charge in [-0.3, -0.25) is 0 Å². The first-order valence-corrected chi connectivity index (χ1v) is 6.15. The van der Waals surface area contributed by atoms with Crippen LogP contribution in [0.3, 0.4) is 0 Å². The Bertz CT molecular complexity index is 446. The van der Waals surface area contributed by atoms with Crippen molar-refractivity contribution in [3.05, 3.63) is 11.1 Å². The lowest BCUT2D eigenvalue weighted by molar-refractivity contribution is 0.0702. The molecule has 1 heterocycles. The van der Waals surface area contributed by atoms with Crippen molar-refractivity contribution in [2.45, 2.75) is 23.4 Å². The summed E-state index contributed by atoms with van der Waals surface area (Å²) >= 11 is 0.678. The average Bonchev–Trinajstić information content (AvgIpc) is 2.51. The van der Waals surface area contributed by atoms with Gasteiger partial charge in [-0.25, -0.2) is 18.2 Å². The van der Waals surface area contributed by atoms with Crippen LogP contribution in [0.2, 0.25) is 0 Å². The van der Waals surface area contributed by atoms with Gasteiger partial charge in [0.2, 0.25) is 14.2 Å². The fourth-order valence-corrected chi connectivity index (χ4v) is 3.09. The van der Waals surface area contributed by atoms with Gasteiger partial charge < -0.3 is 5.11 Å². The van der Waals surface area contributed by atoms with Crippen LogP contribution in [0.4, 0.5) is 0 Å². The fraction of sp³-hybridized carbons (Fsp3) is 0.429. The Labute approximate surface area is 85.3 Å². The third-order valence-corrected chi connectivity index (χ3v) is 5.12. The minimum atomic E-state index is -3.45. The van der Waals surface area contributed by atoms with Crippen molar-refractivity contribution < 1.29 is 18.3 Å². The van der Waals surface area contributed by atoms with Gasteiger partial charge in [0.05, 0.1) is 11.4 Å². The van der Waals surface area contributed by atoms with Crippen LogP contribution < -0.4 is 0 Å². The Morgan fingerprint density at radius 1 is 1.57 bits per heavy atom. The molecule has 0 amide bonds. The van der Waals surface area contributed by atoms with Gasteiger partial charge in [-0.2, -0.15) is 0 Å². The minimum absolute atomic E-state index is 0.0655. The summed E-state index contributed by atoms with van der Waals surface area (Å²) in [6.07, 6.45) is 1.06. The van der Waals surface area contributed by atoms with E-state index in [1.54, 1.807) is 0 Å². The second-order valence-electron chi connectivity index (χ2n) is 2.89. The normalized spacial score (nSPS) is 11.9. The van der Waals surface area contributed by atoms with Gasteiger partial charge >= 0.3 is 5.97 Å². The van der Waals surface area contributed by atoms with Crippen molar-refractivity contribution in [1.82, 2.24) is 4.98 Å². The molecule has 0 aliphatic heterocycles. The highest BCUT2D eigenvalue weighted by atomic mass is 32.2. The topological polar surface area (TPSA) is 84.3 Å². The number of nitrogens with zero attached hydrogens (tertiary/aromatic N) is 1. The van der Waals surface area contributed by atoms with Gasteiger partial charge in [0.15, 0.2) is 0 Å². The molecule has 0 radical (unpaired) electrons. The van der Waals surface area contributed by atoms with Gasteiger partial charge in [-0.1, -0.05) is 11.3 Å². The van der Waals surface area contributed by atoms with Crippen molar-refractivity contribution in [3.8, 4) is 0 Å². The Morgan fingerprint density at radius 2 is 2.14 bits per heavy atom. The number of carboxylic acids is 1. The van der Waals surface area contributed by atoms with E-state index in [2.05, 4.69) is 4.98 Å². The van der Waals surface area contributed by atoms with Crippen molar-refractivity contribution in [2.24, 2.45) is 0 Å². The maximum Gasteiger partial charge on any atom is 0.347 e. The van der Waals surface area contributed by atoms with Gasteiger partial charge in [0.25, 0.3) is 0 Å². The number of aromatic carboxylic acids is 1. The highest BCUT2D eigenvalue weighted by Gasteiger charge is 2.24. The smallest absolute Gasteiger partial charge is 0.347 e. The summed E-state index contributed by atoms with van der Waals surface area (Å²) in [6.45, 7) is 3.05. The van der Waals surface area contributed by atoms with E-state index in [1.807, 2.05) is 0 Å². The molecule has 0 unspecified atom stereocenters. The number of hydrogen-bond acceptors (Lipinski definition) is 5. The molecule has 1 N–H and O–H groups in total. The van der Waals surface area contributed by atoms with Crippen LogP contribution >= 0.6 is 11.3 Å². The van der Waals surface area contributed by atoms with Crippen molar-refractivity contribution in [1.29, 1.82) is 0 Å². The average molecular weight is 235 g/mol. The molecule has 1 aromatic rings. The van der Waals surface area contributed by atoms with Crippen LogP contribution in [-0.2, 0) is 9.84 Å². The van der Waals surface area contributed by atoms with Crippen molar-refractivity contribution in [3.63, 3.8) is 0 Å². The third-order valence-electron chi connectivity index (χ3n) is 1.56. The number of carbonyl (C=O) groups is 1. The van der Waals surface area contributed by atoms with Crippen LogP contribution in [0, 0.1) is 0 Å². The Kier molecular flexibility index (Phi) is 2.91. The third kappa shape index (κ3) is 1.93. The van der Waals surface area contributed by atoms with E-state index in [0.717, 1.165) is 6.20 Å². The first-order valence-electron chi connectivity index (χ1n) is 3.78. The molecule has 0 atom stereocenters. The van der Waals surface area contributed by atoms with Gasteiger partial charge in [0.1, 0.15) is 4.88 Å². The zero-order valence-electron chi connectivity index (χ0n) is 7.59. The standard InChI is InChI=1S/C7H9NO4S2/c1-4(2)14(11,12)7-8-3-5(13-7)6(9)10/h3-4H,1-2H3,(H,9,10). The molecule has 0 aliphatic carbocycles. The molecule has 1 aromatic heterocycles. The first kappa shape index (κ1) is 11.1. The molecule has 0 aliphatic rings. The summed E-state index contributed by atoms with van der Waals surface area (Å²) < 4.78 is 22.9. The molecule has 0 fully saturated rings. The molecular formula is C7H9NO4S2. The van der Waals surface area contributed by atoms with E-state index in [0.29, 0.717) is 11.3 Å². The zero-order chi connectivity index (χ0) is 10.9. The predicted molar refractivity (Wildman–Crippen MR) is 51.4 cm³/mol. The van der Waals surface area contributed by atoms with E-state index >= 15 is 0 Å². The SMILES string of the molecule is CC(C)S(=O)(=O)c1ncc(C(=O)O)s1. The summed E-state index contributed by atoms with van der Waals surface area (Å²) in [7, 11) is -3.45. The Hall–Kier alpha value is -0.950. The molecule has 7 heteroatoms. The fourth-order valence-electron chi connectivity index (χ4n) is 0.690. The first-order chi connectivity index (χ1) is 6.35. The van der Waals surface area contributed by atoms with Crippen molar-refractivity contribution in [2.75, 3.05) is 0 Å².